The number of ether oxygens (including phenoxy) is 1. The molecule has 0 fully saturated rings. The minimum atomic E-state index is -0.504. The Hall–Kier alpha value is -4.48. The summed E-state index contributed by atoms with van der Waals surface area (Å²) in [5.74, 6) is 0.785. The third-order valence-corrected chi connectivity index (χ3v) is 5.65. The number of carbonyl (C=O) groups excluding carboxylic acids is 1. The molecule has 0 saturated heterocycles. The van der Waals surface area contributed by atoms with E-state index in [0.717, 1.165) is 11.4 Å². The number of anilines is 4. The highest BCUT2D eigenvalue weighted by molar-refractivity contribution is 6.03. The zero-order valence-electron chi connectivity index (χ0n) is 18.8. The molecule has 4 aromatic rings. The van der Waals surface area contributed by atoms with E-state index in [-0.39, 0.29) is 11.7 Å². The zero-order chi connectivity index (χ0) is 23.8. The van der Waals surface area contributed by atoms with Crippen molar-refractivity contribution in [2.75, 3.05) is 24.3 Å². The van der Waals surface area contributed by atoms with Gasteiger partial charge in [0.05, 0.1) is 29.7 Å². The average molecular weight is 463 g/mol. The number of aryl methyl sites for hydroxylation is 1. The van der Waals surface area contributed by atoms with Crippen LogP contribution in [0.15, 0.2) is 36.7 Å². The van der Waals surface area contributed by atoms with Crippen LogP contribution in [0.5, 0.6) is 5.75 Å². The van der Waals surface area contributed by atoms with Crippen LogP contribution in [0.3, 0.4) is 0 Å². The summed E-state index contributed by atoms with van der Waals surface area (Å²) in [4.78, 5) is 21.7. The van der Waals surface area contributed by atoms with E-state index in [1.807, 2.05) is 11.5 Å². The number of nitrogens with zero attached hydrogens (tertiary/aromatic N) is 6. The number of hydrogen-bond donors (Lipinski definition) is 3. The molecule has 12 heteroatoms. The minimum Gasteiger partial charge on any atom is -0.492 e. The quantitative estimate of drug-likeness (QED) is 0.399. The highest BCUT2D eigenvalue weighted by atomic mass is 19.1. The van der Waals surface area contributed by atoms with E-state index < -0.39 is 5.82 Å². The lowest BCUT2D eigenvalue weighted by Crippen LogP contribution is -2.32. The number of methoxy groups -OCH3 is 1. The number of nitrogens with one attached hydrogen (secondary N) is 3. The van der Waals surface area contributed by atoms with Crippen LogP contribution in [0.2, 0.25) is 0 Å². The number of rotatable bonds is 6. The van der Waals surface area contributed by atoms with Crippen LogP contribution in [-0.4, -0.2) is 49.1 Å². The van der Waals surface area contributed by atoms with Gasteiger partial charge in [0.2, 0.25) is 5.95 Å². The van der Waals surface area contributed by atoms with Gasteiger partial charge in [-0.15, -0.1) is 5.10 Å². The van der Waals surface area contributed by atoms with Crippen molar-refractivity contribution in [1.82, 2.24) is 34.8 Å². The first-order valence-corrected chi connectivity index (χ1v) is 10.5. The maximum atomic E-state index is 14.2. The van der Waals surface area contributed by atoms with E-state index in [9.17, 15) is 9.18 Å². The molecule has 1 aromatic carbocycles. The van der Waals surface area contributed by atoms with Crippen molar-refractivity contribution in [3.05, 3.63) is 59.4 Å². The van der Waals surface area contributed by atoms with Crippen LogP contribution in [0, 0.1) is 12.7 Å². The van der Waals surface area contributed by atoms with E-state index in [4.69, 9.17) is 4.74 Å². The maximum absolute atomic E-state index is 14.2. The van der Waals surface area contributed by atoms with Gasteiger partial charge in [-0.05, 0) is 25.1 Å². The zero-order valence-corrected chi connectivity index (χ0v) is 18.8. The number of carbonyl (C=O) groups is 1. The molecule has 1 amide bonds. The molecule has 3 N–H and O–H groups in total. The Bertz CT molecular complexity index is 1400. The summed E-state index contributed by atoms with van der Waals surface area (Å²) in [5, 5.41) is 17.1. The largest absolute Gasteiger partial charge is 0.492 e. The second-order valence-electron chi connectivity index (χ2n) is 7.70. The van der Waals surface area contributed by atoms with Gasteiger partial charge in [0.25, 0.3) is 5.91 Å². The lowest BCUT2D eigenvalue weighted by Gasteiger charge is -2.17. The predicted molar refractivity (Wildman–Crippen MR) is 123 cm³/mol. The van der Waals surface area contributed by atoms with Crippen molar-refractivity contribution in [3.8, 4) is 11.6 Å². The Kier molecular flexibility index (Phi) is 5.32. The summed E-state index contributed by atoms with van der Waals surface area (Å²) in [6.45, 7) is 2.37. The first-order chi connectivity index (χ1) is 16.5. The van der Waals surface area contributed by atoms with Gasteiger partial charge in [-0.3, -0.25) is 9.48 Å². The number of benzene rings is 1. The van der Waals surface area contributed by atoms with Gasteiger partial charge in [-0.25, -0.2) is 9.37 Å². The van der Waals surface area contributed by atoms with E-state index in [2.05, 4.69) is 36.2 Å². The molecule has 11 nitrogen and oxygen atoms in total. The monoisotopic (exact) mass is 463 g/mol. The van der Waals surface area contributed by atoms with Gasteiger partial charge in [0.1, 0.15) is 5.82 Å². The number of para-hydroxylation sites is 1. The number of halogens is 1. The molecule has 5 rings (SSSR count). The Morgan fingerprint density at radius 1 is 1.21 bits per heavy atom. The van der Waals surface area contributed by atoms with Crippen LogP contribution < -0.4 is 20.7 Å². The van der Waals surface area contributed by atoms with Gasteiger partial charge in [0, 0.05) is 38.1 Å². The topological polar surface area (TPSA) is 124 Å². The fraction of sp³-hybridized carbons (Fsp3) is 0.227. The van der Waals surface area contributed by atoms with E-state index >= 15 is 0 Å². The van der Waals surface area contributed by atoms with E-state index in [0.29, 0.717) is 47.5 Å². The smallest absolute Gasteiger partial charge is 0.255 e. The van der Waals surface area contributed by atoms with Gasteiger partial charge >= 0.3 is 0 Å². The molecule has 1 aliphatic heterocycles. The van der Waals surface area contributed by atoms with Crippen LogP contribution in [0.1, 0.15) is 21.7 Å². The summed E-state index contributed by atoms with van der Waals surface area (Å²) in [5.41, 5.74) is 3.00. The molecule has 0 unspecified atom stereocenters. The molecule has 34 heavy (non-hydrogen) atoms. The number of aromatic nitrogens is 6. The average Bonchev–Trinajstić information content (AvgIpc) is 3.35. The summed E-state index contributed by atoms with van der Waals surface area (Å²) in [6.07, 6.45) is 3.98. The van der Waals surface area contributed by atoms with Gasteiger partial charge < -0.3 is 25.3 Å². The SMILES string of the molecule is COc1c(F)cccc1Nc1cn(-c2ccnc(Nc3nnn(C)c3C)n2)c2c1C(=O)NCC2. The van der Waals surface area contributed by atoms with Gasteiger partial charge in [-0.2, -0.15) is 4.98 Å². The van der Waals surface area contributed by atoms with Crippen LogP contribution >= 0.6 is 0 Å². The van der Waals surface area contributed by atoms with Gasteiger partial charge in [-0.1, -0.05) is 11.3 Å². The molecule has 3 aromatic heterocycles. The van der Waals surface area contributed by atoms with Crippen LogP contribution in [0.25, 0.3) is 5.82 Å². The summed E-state index contributed by atoms with van der Waals surface area (Å²) >= 11 is 0. The van der Waals surface area contributed by atoms with Crippen LogP contribution in [-0.2, 0) is 13.5 Å². The minimum absolute atomic E-state index is 0.0630. The number of amides is 1. The van der Waals surface area contributed by atoms with Crippen molar-refractivity contribution >= 4 is 29.0 Å². The first kappa shape index (κ1) is 21.4. The number of fused-ring (bicyclic) bond motifs is 1. The highest BCUT2D eigenvalue weighted by Gasteiger charge is 2.27. The predicted octanol–water partition coefficient (Wildman–Crippen LogP) is 2.63. The highest BCUT2D eigenvalue weighted by Crippen LogP contribution is 2.35. The first-order valence-electron chi connectivity index (χ1n) is 10.5. The third kappa shape index (κ3) is 3.68. The Morgan fingerprint density at radius 2 is 2.06 bits per heavy atom. The normalized spacial score (nSPS) is 12.8. The molecule has 0 radical (unpaired) electrons. The molecule has 0 aliphatic carbocycles. The molecule has 0 bridgehead atoms. The summed E-state index contributed by atoms with van der Waals surface area (Å²) in [7, 11) is 3.19. The Morgan fingerprint density at radius 3 is 2.82 bits per heavy atom. The number of hydrogen-bond acceptors (Lipinski definition) is 8. The van der Waals surface area contributed by atoms with Crippen molar-refractivity contribution in [2.45, 2.75) is 13.3 Å². The summed E-state index contributed by atoms with van der Waals surface area (Å²) < 4.78 is 22.9. The van der Waals surface area contributed by atoms with Crippen molar-refractivity contribution < 1.29 is 13.9 Å². The molecule has 4 heterocycles. The second kappa shape index (κ2) is 8.46. The van der Waals surface area contributed by atoms with E-state index in [1.54, 1.807) is 42.3 Å². The summed E-state index contributed by atoms with van der Waals surface area (Å²) in [6, 6.07) is 6.31. The third-order valence-electron chi connectivity index (χ3n) is 5.65. The lowest BCUT2D eigenvalue weighted by molar-refractivity contribution is 0.0946. The second-order valence-corrected chi connectivity index (χ2v) is 7.70. The standard InChI is InChI=1S/C22H22FN9O2/c1-12-20(29-30-31(12)2)28-22-25-10-8-17(27-22)32-11-15(18-16(32)7-9-24-21(18)33)26-14-6-4-5-13(23)19(14)34-3/h4-6,8,10-11,26H,7,9H2,1-3H3,(H,24,33)(H,25,27,28). The molecule has 0 saturated carbocycles. The van der Waals surface area contributed by atoms with Gasteiger partial charge in [0.15, 0.2) is 17.4 Å². The van der Waals surface area contributed by atoms with E-state index in [1.165, 1.54) is 13.2 Å². The Balaban J connectivity index is 1.55. The molecular formula is C22H22FN9O2. The van der Waals surface area contributed by atoms with Crippen molar-refractivity contribution in [1.29, 1.82) is 0 Å². The molecule has 0 atom stereocenters. The fourth-order valence-electron chi connectivity index (χ4n) is 3.86. The molecule has 174 valence electrons. The van der Waals surface area contributed by atoms with Crippen LogP contribution in [0.4, 0.5) is 27.5 Å². The molecule has 1 aliphatic rings. The lowest BCUT2D eigenvalue weighted by atomic mass is 10.1. The molecular weight excluding hydrogens is 441 g/mol. The maximum Gasteiger partial charge on any atom is 0.255 e. The van der Waals surface area contributed by atoms with Crippen molar-refractivity contribution in [2.24, 2.45) is 7.05 Å². The molecule has 0 spiro atoms. The fourth-order valence-corrected chi connectivity index (χ4v) is 3.86. The van der Waals surface area contributed by atoms with Crippen molar-refractivity contribution in [3.63, 3.8) is 0 Å². The Labute approximate surface area is 194 Å².